The molecule has 0 radical (unpaired) electrons. The van der Waals surface area contributed by atoms with Crippen LogP contribution in [0, 0.1) is 0 Å². The highest BCUT2D eigenvalue weighted by Gasteiger charge is 2.42. The molecule has 1 saturated heterocycles. The van der Waals surface area contributed by atoms with Gasteiger partial charge in [-0.15, -0.1) is 0 Å². The monoisotopic (exact) mass is 361 g/mol. The van der Waals surface area contributed by atoms with Gasteiger partial charge in [0.15, 0.2) is 0 Å². The maximum absolute atomic E-state index is 11.7. The van der Waals surface area contributed by atoms with Crippen LogP contribution >= 0.6 is 0 Å². The number of carbonyl (C=O) groups is 1. The summed E-state index contributed by atoms with van der Waals surface area (Å²) < 4.78 is 17.8. The molecular weight excluding hydrogens is 326 g/mol. The van der Waals surface area contributed by atoms with Crippen molar-refractivity contribution >= 4 is 14.7 Å². The van der Waals surface area contributed by atoms with Crippen molar-refractivity contribution < 1.29 is 18.1 Å². The first-order valence-corrected chi connectivity index (χ1v) is 11.0. The smallest absolute Gasteiger partial charge is 0.373 e. The van der Waals surface area contributed by atoms with Gasteiger partial charge in [0.2, 0.25) is 5.91 Å². The van der Waals surface area contributed by atoms with E-state index in [1.807, 2.05) is 20.8 Å². The van der Waals surface area contributed by atoms with Crippen LogP contribution in [0.3, 0.4) is 0 Å². The first kappa shape index (κ1) is 21.5. The third-order valence-electron chi connectivity index (χ3n) is 4.12. The summed E-state index contributed by atoms with van der Waals surface area (Å²) >= 11 is 0. The summed E-state index contributed by atoms with van der Waals surface area (Å²) in [5.74, 6) is 0.188. The van der Waals surface area contributed by atoms with E-state index in [1.54, 1.807) is 19.0 Å². The topological polar surface area (TPSA) is 54.5 Å². The Bertz CT molecular complexity index is 346. The van der Waals surface area contributed by atoms with Crippen molar-refractivity contribution in [2.24, 2.45) is 0 Å². The lowest BCUT2D eigenvalue weighted by atomic mass is 10.3. The van der Waals surface area contributed by atoms with Gasteiger partial charge in [-0.3, -0.25) is 9.69 Å². The molecule has 7 nitrogen and oxygen atoms in total. The van der Waals surface area contributed by atoms with E-state index in [0.29, 0.717) is 26.2 Å². The molecule has 0 saturated carbocycles. The molecule has 0 spiro atoms. The maximum atomic E-state index is 11.7. The van der Waals surface area contributed by atoms with E-state index in [9.17, 15) is 4.79 Å². The molecule has 0 aromatic rings. The molecule has 0 aromatic heterocycles. The van der Waals surface area contributed by atoms with E-state index in [0.717, 1.165) is 38.9 Å². The second kappa shape index (κ2) is 11.2. The lowest BCUT2D eigenvalue weighted by molar-refractivity contribution is -0.129. The lowest BCUT2D eigenvalue weighted by Gasteiger charge is -2.38. The number of nitrogens with zero attached hydrogens (tertiary/aromatic N) is 3. The quantitative estimate of drug-likeness (QED) is 0.504. The summed E-state index contributed by atoms with van der Waals surface area (Å²) in [6, 6.07) is 0. The van der Waals surface area contributed by atoms with Crippen molar-refractivity contribution in [3.05, 3.63) is 0 Å². The van der Waals surface area contributed by atoms with Crippen LogP contribution in [-0.2, 0) is 18.1 Å². The van der Waals surface area contributed by atoms with Crippen LogP contribution in [0.4, 0.5) is 0 Å². The molecule has 1 aliphatic heterocycles. The van der Waals surface area contributed by atoms with E-state index < -0.39 is 8.80 Å². The zero-order valence-corrected chi connectivity index (χ0v) is 17.0. The van der Waals surface area contributed by atoms with Crippen LogP contribution in [-0.4, -0.2) is 102 Å². The molecule has 0 N–H and O–H groups in total. The molecule has 1 amide bonds. The summed E-state index contributed by atoms with van der Waals surface area (Å²) in [5, 5.41) is 0. The SMILES string of the molecule is CCO[Si](CN1CCN(CCC(=O)N(C)C)CC1)(OCC)OCC. The largest absolute Gasteiger partial charge is 0.515 e. The molecule has 0 aliphatic carbocycles. The third kappa shape index (κ3) is 7.16. The number of hydrogen-bond donors (Lipinski definition) is 0. The Kier molecular flexibility index (Phi) is 10.0. The van der Waals surface area contributed by atoms with Gasteiger partial charge in [0, 0.05) is 73.1 Å². The molecule has 0 bridgehead atoms. The van der Waals surface area contributed by atoms with Crippen molar-refractivity contribution in [3.8, 4) is 0 Å². The molecule has 0 atom stereocenters. The predicted molar refractivity (Wildman–Crippen MR) is 96.8 cm³/mol. The van der Waals surface area contributed by atoms with Crippen LogP contribution in [0.1, 0.15) is 27.2 Å². The normalized spacial score (nSPS) is 17.2. The number of hydrogen-bond acceptors (Lipinski definition) is 6. The van der Waals surface area contributed by atoms with Gasteiger partial charge in [-0.2, -0.15) is 0 Å². The van der Waals surface area contributed by atoms with Crippen molar-refractivity contribution in [2.75, 3.05) is 72.8 Å². The Morgan fingerprint density at radius 1 is 0.917 bits per heavy atom. The fourth-order valence-corrected chi connectivity index (χ4v) is 5.55. The number of piperazine rings is 1. The summed E-state index contributed by atoms with van der Waals surface area (Å²) in [7, 11) is 1.00. The molecule has 1 aliphatic rings. The highest BCUT2D eigenvalue weighted by atomic mass is 28.4. The fraction of sp³-hybridized carbons (Fsp3) is 0.938. The standard InChI is InChI=1S/C16H35N3O4Si/c1-6-21-24(22-7-2,23-8-3)15-19-13-11-18(12-14-19)10-9-16(20)17(4)5/h6-15H2,1-5H3. The van der Waals surface area contributed by atoms with Crippen LogP contribution in [0.15, 0.2) is 0 Å². The van der Waals surface area contributed by atoms with Crippen LogP contribution < -0.4 is 0 Å². The van der Waals surface area contributed by atoms with Crippen molar-refractivity contribution in [1.82, 2.24) is 14.7 Å². The summed E-state index contributed by atoms with van der Waals surface area (Å²) in [4.78, 5) is 18.1. The van der Waals surface area contributed by atoms with Gasteiger partial charge in [-0.25, -0.2) is 0 Å². The summed E-state index contributed by atoms with van der Waals surface area (Å²) in [6.45, 7) is 12.5. The van der Waals surface area contributed by atoms with Crippen LogP contribution in [0.5, 0.6) is 0 Å². The van der Waals surface area contributed by atoms with Gasteiger partial charge in [-0.1, -0.05) is 0 Å². The molecule has 1 fully saturated rings. The minimum Gasteiger partial charge on any atom is -0.373 e. The van der Waals surface area contributed by atoms with Gasteiger partial charge in [0.25, 0.3) is 0 Å². The number of carbonyl (C=O) groups excluding carboxylic acids is 1. The molecular formula is C16H35N3O4Si. The Morgan fingerprint density at radius 3 is 1.79 bits per heavy atom. The first-order chi connectivity index (χ1) is 11.5. The Balaban J connectivity index is 2.45. The molecule has 1 heterocycles. The van der Waals surface area contributed by atoms with E-state index in [1.165, 1.54) is 0 Å². The van der Waals surface area contributed by atoms with E-state index >= 15 is 0 Å². The average Bonchev–Trinajstić information content (AvgIpc) is 2.54. The fourth-order valence-electron chi connectivity index (χ4n) is 2.84. The van der Waals surface area contributed by atoms with Gasteiger partial charge in [0.1, 0.15) is 0 Å². The van der Waals surface area contributed by atoms with Crippen LogP contribution in [0.25, 0.3) is 0 Å². The van der Waals surface area contributed by atoms with Gasteiger partial charge >= 0.3 is 8.80 Å². The first-order valence-electron chi connectivity index (χ1n) is 9.03. The van der Waals surface area contributed by atoms with E-state index in [-0.39, 0.29) is 5.91 Å². The second-order valence-corrected chi connectivity index (χ2v) is 8.69. The third-order valence-corrected chi connectivity index (χ3v) is 7.14. The van der Waals surface area contributed by atoms with Gasteiger partial charge in [-0.05, 0) is 20.8 Å². The molecule has 142 valence electrons. The van der Waals surface area contributed by atoms with Gasteiger partial charge < -0.3 is 23.1 Å². The van der Waals surface area contributed by atoms with E-state index in [4.69, 9.17) is 13.3 Å². The minimum absolute atomic E-state index is 0.188. The molecule has 8 heteroatoms. The predicted octanol–water partition coefficient (Wildman–Crippen LogP) is 0.670. The van der Waals surface area contributed by atoms with Crippen molar-refractivity contribution in [1.29, 1.82) is 0 Å². The second-order valence-electron chi connectivity index (χ2n) is 6.14. The zero-order chi connectivity index (χ0) is 18.0. The average molecular weight is 362 g/mol. The highest BCUT2D eigenvalue weighted by Crippen LogP contribution is 2.14. The van der Waals surface area contributed by atoms with Gasteiger partial charge in [0.05, 0.1) is 6.17 Å². The molecule has 1 rings (SSSR count). The molecule has 0 unspecified atom stereocenters. The Labute approximate surface area is 148 Å². The highest BCUT2D eigenvalue weighted by molar-refractivity contribution is 6.60. The Morgan fingerprint density at radius 2 is 1.38 bits per heavy atom. The van der Waals surface area contributed by atoms with Crippen molar-refractivity contribution in [2.45, 2.75) is 27.2 Å². The van der Waals surface area contributed by atoms with Crippen molar-refractivity contribution in [3.63, 3.8) is 0 Å². The maximum Gasteiger partial charge on any atom is 0.515 e. The van der Waals surface area contributed by atoms with Crippen LogP contribution in [0.2, 0.25) is 0 Å². The summed E-state index contributed by atoms with van der Waals surface area (Å²) in [5.41, 5.74) is 0. The molecule has 24 heavy (non-hydrogen) atoms. The zero-order valence-electron chi connectivity index (χ0n) is 16.0. The van der Waals surface area contributed by atoms with E-state index in [2.05, 4.69) is 9.80 Å². The molecule has 0 aromatic carbocycles. The minimum atomic E-state index is -2.61. The lowest BCUT2D eigenvalue weighted by Crippen LogP contribution is -2.59. The number of amides is 1. The summed E-state index contributed by atoms with van der Waals surface area (Å²) in [6.07, 6.45) is 1.33. The number of rotatable bonds is 11. The Hall–Kier alpha value is -0.513.